The Labute approximate surface area is 160 Å². The number of amides is 1. The van der Waals surface area contributed by atoms with Crippen LogP contribution < -0.4 is 0 Å². The van der Waals surface area contributed by atoms with Crippen LogP contribution in [0.2, 0.25) is 0 Å². The lowest BCUT2D eigenvalue weighted by Crippen LogP contribution is -2.27. The van der Waals surface area contributed by atoms with Crippen molar-refractivity contribution < 1.29 is 9.18 Å². The number of benzene rings is 1. The van der Waals surface area contributed by atoms with E-state index < -0.39 is 0 Å². The van der Waals surface area contributed by atoms with Crippen molar-refractivity contribution in [2.24, 2.45) is 0 Å². The zero-order chi connectivity index (χ0) is 19.1. The number of likely N-dealkylation sites (tertiary alicyclic amines) is 1. The number of hydrogen-bond donors (Lipinski definition) is 0. The summed E-state index contributed by atoms with van der Waals surface area (Å²) in [6, 6.07) is 8.15. The van der Waals surface area contributed by atoms with Crippen LogP contribution in [0.3, 0.4) is 0 Å². The van der Waals surface area contributed by atoms with Crippen molar-refractivity contribution in [3.05, 3.63) is 54.4 Å². The molecular formula is C20H19FN6O. The van der Waals surface area contributed by atoms with E-state index in [-0.39, 0.29) is 11.7 Å². The van der Waals surface area contributed by atoms with Gasteiger partial charge in [-0.3, -0.25) is 9.20 Å². The van der Waals surface area contributed by atoms with Crippen LogP contribution in [0, 0.1) is 5.82 Å². The second-order valence-corrected chi connectivity index (χ2v) is 7.06. The van der Waals surface area contributed by atoms with Gasteiger partial charge in [0.25, 0.3) is 0 Å². The fourth-order valence-corrected chi connectivity index (χ4v) is 3.74. The number of carbonyl (C=O) groups is 1. The van der Waals surface area contributed by atoms with Crippen LogP contribution in [0.4, 0.5) is 4.39 Å². The van der Waals surface area contributed by atoms with Gasteiger partial charge in [0.2, 0.25) is 5.91 Å². The average molecular weight is 378 g/mol. The van der Waals surface area contributed by atoms with Crippen LogP contribution in [0.25, 0.3) is 22.4 Å². The second-order valence-electron chi connectivity index (χ2n) is 7.06. The van der Waals surface area contributed by atoms with Crippen molar-refractivity contribution in [3.8, 4) is 11.3 Å². The monoisotopic (exact) mass is 378 g/mol. The number of nitrogens with zero attached hydrogens (tertiary/aromatic N) is 6. The summed E-state index contributed by atoms with van der Waals surface area (Å²) in [6.07, 6.45) is 6.87. The molecule has 3 aromatic heterocycles. The molecule has 1 saturated heterocycles. The molecule has 28 heavy (non-hydrogen) atoms. The van der Waals surface area contributed by atoms with Gasteiger partial charge in [0, 0.05) is 43.9 Å². The third-order valence-electron chi connectivity index (χ3n) is 5.25. The Morgan fingerprint density at radius 3 is 2.64 bits per heavy atom. The molecule has 1 aromatic carbocycles. The first-order valence-electron chi connectivity index (χ1n) is 9.45. The lowest BCUT2D eigenvalue weighted by molar-refractivity contribution is -0.130. The summed E-state index contributed by atoms with van der Waals surface area (Å²) in [7, 11) is 0. The van der Waals surface area contributed by atoms with Gasteiger partial charge in [-0.15, -0.1) is 10.2 Å². The maximum absolute atomic E-state index is 13.2. The molecule has 142 valence electrons. The van der Waals surface area contributed by atoms with Crippen molar-refractivity contribution in [1.82, 2.24) is 29.1 Å². The molecule has 8 heteroatoms. The van der Waals surface area contributed by atoms with Crippen LogP contribution in [-0.4, -0.2) is 48.1 Å². The Hall–Kier alpha value is -3.29. The van der Waals surface area contributed by atoms with Crippen molar-refractivity contribution in [2.45, 2.75) is 25.7 Å². The third kappa shape index (κ3) is 2.90. The molecule has 4 heterocycles. The minimum Gasteiger partial charge on any atom is -0.343 e. The molecule has 7 nitrogen and oxygen atoms in total. The molecule has 1 aliphatic heterocycles. The fourth-order valence-electron chi connectivity index (χ4n) is 3.74. The standard InChI is InChI=1S/C20H19FN6O/c21-15-5-3-14(4-6-15)16-13-17-20-23-22-18(26(20)11-12-27(17)24-16)7-8-19(28)25-9-1-2-10-25/h3-6,11-13H,1-2,7-10H2. The molecule has 0 atom stereocenters. The van der Waals surface area contributed by atoms with Gasteiger partial charge in [-0.1, -0.05) is 0 Å². The summed E-state index contributed by atoms with van der Waals surface area (Å²) in [4.78, 5) is 14.2. The number of halogens is 1. The minimum absolute atomic E-state index is 0.179. The maximum Gasteiger partial charge on any atom is 0.223 e. The number of aryl methyl sites for hydroxylation is 1. The second kappa shape index (κ2) is 6.70. The molecule has 0 unspecified atom stereocenters. The summed E-state index contributed by atoms with van der Waals surface area (Å²) >= 11 is 0. The van der Waals surface area contributed by atoms with Crippen LogP contribution in [0.15, 0.2) is 42.7 Å². The molecule has 0 radical (unpaired) electrons. The van der Waals surface area contributed by atoms with Crippen molar-refractivity contribution >= 4 is 17.1 Å². The number of fused-ring (bicyclic) bond motifs is 3. The van der Waals surface area contributed by atoms with E-state index in [4.69, 9.17) is 0 Å². The first-order valence-corrected chi connectivity index (χ1v) is 9.45. The molecule has 1 aliphatic rings. The molecule has 5 rings (SSSR count). The van der Waals surface area contributed by atoms with Crippen LogP contribution in [0.1, 0.15) is 25.1 Å². The molecule has 1 fully saturated rings. The van der Waals surface area contributed by atoms with Gasteiger partial charge < -0.3 is 4.90 Å². The molecule has 0 bridgehead atoms. The maximum atomic E-state index is 13.2. The van der Waals surface area contributed by atoms with E-state index in [9.17, 15) is 9.18 Å². The zero-order valence-electron chi connectivity index (χ0n) is 15.3. The van der Waals surface area contributed by atoms with Crippen LogP contribution in [-0.2, 0) is 11.2 Å². The van der Waals surface area contributed by atoms with E-state index >= 15 is 0 Å². The molecule has 0 saturated carbocycles. The van der Waals surface area contributed by atoms with E-state index in [2.05, 4.69) is 15.3 Å². The summed E-state index contributed by atoms with van der Waals surface area (Å²) in [5.74, 6) is 0.660. The SMILES string of the molecule is O=C(CCc1nnc2c3cc(-c4ccc(F)cc4)nn3ccn12)N1CCCC1. The van der Waals surface area contributed by atoms with E-state index in [1.807, 2.05) is 27.8 Å². The highest BCUT2D eigenvalue weighted by Gasteiger charge is 2.19. The Kier molecular flexibility index (Phi) is 4.03. The largest absolute Gasteiger partial charge is 0.343 e. The lowest BCUT2D eigenvalue weighted by atomic mass is 10.1. The Morgan fingerprint density at radius 1 is 1.07 bits per heavy atom. The Morgan fingerprint density at radius 2 is 1.86 bits per heavy atom. The summed E-state index contributed by atoms with van der Waals surface area (Å²) in [6.45, 7) is 1.73. The lowest BCUT2D eigenvalue weighted by Gasteiger charge is -2.14. The van der Waals surface area contributed by atoms with E-state index in [0.717, 1.165) is 48.5 Å². The highest BCUT2D eigenvalue weighted by atomic mass is 19.1. The van der Waals surface area contributed by atoms with Gasteiger partial charge in [-0.25, -0.2) is 8.91 Å². The normalized spacial score (nSPS) is 14.4. The number of aromatic nitrogens is 5. The zero-order valence-corrected chi connectivity index (χ0v) is 15.3. The van der Waals surface area contributed by atoms with Crippen molar-refractivity contribution in [1.29, 1.82) is 0 Å². The summed E-state index contributed by atoms with van der Waals surface area (Å²) in [5, 5.41) is 13.2. The van der Waals surface area contributed by atoms with E-state index in [1.165, 1.54) is 12.1 Å². The van der Waals surface area contributed by atoms with Crippen molar-refractivity contribution in [3.63, 3.8) is 0 Å². The highest BCUT2D eigenvalue weighted by Crippen LogP contribution is 2.22. The quantitative estimate of drug-likeness (QED) is 0.548. The molecule has 0 N–H and O–H groups in total. The third-order valence-corrected chi connectivity index (χ3v) is 5.25. The Bertz CT molecular complexity index is 1160. The summed E-state index contributed by atoms with van der Waals surface area (Å²) in [5.41, 5.74) is 3.07. The minimum atomic E-state index is -0.277. The van der Waals surface area contributed by atoms with Gasteiger partial charge in [0.05, 0.1) is 5.69 Å². The van der Waals surface area contributed by atoms with Crippen LogP contribution >= 0.6 is 0 Å². The van der Waals surface area contributed by atoms with E-state index in [1.54, 1.807) is 16.6 Å². The predicted molar refractivity (Wildman–Crippen MR) is 101 cm³/mol. The first-order chi connectivity index (χ1) is 13.7. The topological polar surface area (TPSA) is 67.8 Å². The smallest absolute Gasteiger partial charge is 0.223 e. The van der Waals surface area contributed by atoms with Gasteiger partial charge in [0.15, 0.2) is 5.65 Å². The highest BCUT2D eigenvalue weighted by molar-refractivity contribution is 5.78. The van der Waals surface area contributed by atoms with Gasteiger partial charge in [-0.2, -0.15) is 5.10 Å². The molecular weight excluding hydrogens is 359 g/mol. The number of carbonyl (C=O) groups excluding carboxylic acids is 1. The Balaban J connectivity index is 1.44. The average Bonchev–Trinajstić information content (AvgIpc) is 3.44. The van der Waals surface area contributed by atoms with Crippen LogP contribution in [0.5, 0.6) is 0 Å². The number of rotatable bonds is 4. The summed E-state index contributed by atoms with van der Waals surface area (Å²) < 4.78 is 16.8. The molecule has 1 amide bonds. The van der Waals surface area contributed by atoms with E-state index in [0.29, 0.717) is 18.5 Å². The van der Waals surface area contributed by atoms with Crippen molar-refractivity contribution in [2.75, 3.05) is 13.1 Å². The molecule has 0 spiro atoms. The van der Waals surface area contributed by atoms with Gasteiger partial charge in [0.1, 0.15) is 17.2 Å². The van der Waals surface area contributed by atoms with Gasteiger partial charge in [-0.05, 0) is 43.2 Å². The first kappa shape index (κ1) is 16.9. The fraction of sp³-hybridized carbons (Fsp3) is 0.300. The van der Waals surface area contributed by atoms with Gasteiger partial charge >= 0.3 is 0 Å². The number of hydrogen-bond acceptors (Lipinski definition) is 4. The predicted octanol–water partition coefficient (Wildman–Crippen LogP) is 2.74. The molecule has 4 aromatic rings. The molecule has 0 aliphatic carbocycles.